The van der Waals surface area contributed by atoms with Gasteiger partial charge in [-0.3, -0.25) is 4.79 Å². The molecule has 1 fully saturated rings. The number of anilines is 1. The fourth-order valence-corrected chi connectivity index (χ4v) is 2.42. The second-order valence-electron chi connectivity index (χ2n) is 4.92. The molecule has 0 unspecified atom stereocenters. The van der Waals surface area contributed by atoms with Gasteiger partial charge in [0.2, 0.25) is 5.88 Å². The van der Waals surface area contributed by atoms with E-state index in [0.29, 0.717) is 30.7 Å². The summed E-state index contributed by atoms with van der Waals surface area (Å²) in [5, 5.41) is 7.23. The Morgan fingerprint density at radius 3 is 2.86 bits per heavy atom. The van der Waals surface area contributed by atoms with Crippen LogP contribution < -0.4 is 10.2 Å². The SMILES string of the molecule is O=C(NCc1ccccc1Cl)c1cc(N2CCOCC2)on1. The number of hydrogen-bond acceptors (Lipinski definition) is 5. The first-order chi connectivity index (χ1) is 10.7. The van der Waals surface area contributed by atoms with Crippen molar-refractivity contribution in [2.24, 2.45) is 0 Å². The van der Waals surface area contributed by atoms with E-state index in [0.717, 1.165) is 18.7 Å². The molecule has 1 amide bonds. The van der Waals surface area contributed by atoms with Crippen LogP contribution in [-0.4, -0.2) is 37.4 Å². The molecule has 3 rings (SSSR count). The predicted molar refractivity (Wildman–Crippen MR) is 82.2 cm³/mol. The lowest BCUT2D eigenvalue weighted by atomic mass is 10.2. The number of benzene rings is 1. The maximum Gasteiger partial charge on any atom is 0.273 e. The highest BCUT2D eigenvalue weighted by molar-refractivity contribution is 6.31. The number of aromatic nitrogens is 1. The Bertz CT molecular complexity index is 653. The first-order valence-electron chi connectivity index (χ1n) is 7.05. The van der Waals surface area contributed by atoms with Crippen LogP contribution in [0.5, 0.6) is 0 Å². The van der Waals surface area contributed by atoms with E-state index in [1.807, 2.05) is 23.1 Å². The zero-order valence-corrected chi connectivity index (χ0v) is 12.7. The first-order valence-corrected chi connectivity index (χ1v) is 7.43. The minimum atomic E-state index is -0.289. The average molecular weight is 322 g/mol. The lowest BCUT2D eigenvalue weighted by Crippen LogP contribution is -2.35. The predicted octanol–water partition coefficient (Wildman–Crippen LogP) is 2.09. The van der Waals surface area contributed by atoms with Crippen LogP contribution >= 0.6 is 11.6 Å². The Hall–Kier alpha value is -2.05. The standard InChI is InChI=1S/C15H16ClN3O3/c16-12-4-2-1-3-11(12)10-17-15(20)13-9-14(22-18-13)19-5-7-21-8-6-19/h1-4,9H,5-8,10H2,(H,17,20). The van der Waals surface area contributed by atoms with Crippen molar-refractivity contribution in [2.45, 2.75) is 6.54 Å². The summed E-state index contributed by atoms with van der Waals surface area (Å²) in [6.07, 6.45) is 0. The van der Waals surface area contributed by atoms with Crippen molar-refractivity contribution in [1.29, 1.82) is 0 Å². The van der Waals surface area contributed by atoms with Crippen LogP contribution in [0.4, 0.5) is 5.88 Å². The molecule has 0 aliphatic carbocycles. The van der Waals surface area contributed by atoms with Crippen LogP contribution in [0.15, 0.2) is 34.9 Å². The van der Waals surface area contributed by atoms with E-state index in [1.54, 1.807) is 12.1 Å². The molecule has 0 saturated carbocycles. The molecule has 1 aliphatic rings. The van der Waals surface area contributed by atoms with Crippen LogP contribution in [0, 0.1) is 0 Å². The molecule has 2 aromatic rings. The molecular weight excluding hydrogens is 306 g/mol. The molecule has 1 aliphatic heterocycles. The molecule has 6 nitrogen and oxygen atoms in total. The normalized spacial score (nSPS) is 14.9. The maximum atomic E-state index is 12.1. The van der Waals surface area contributed by atoms with Gasteiger partial charge in [-0.2, -0.15) is 0 Å². The summed E-state index contributed by atoms with van der Waals surface area (Å²) >= 11 is 6.06. The van der Waals surface area contributed by atoms with Crippen molar-refractivity contribution in [3.8, 4) is 0 Å². The van der Waals surface area contributed by atoms with Crippen LogP contribution in [0.3, 0.4) is 0 Å². The van der Waals surface area contributed by atoms with Gasteiger partial charge in [0.05, 0.1) is 13.2 Å². The van der Waals surface area contributed by atoms with Crippen LogP contribution in [-0.2, 0) is 11.3 Å². The number of carbonyl (C=O) groups excluding carboxylic acids is 1. The monoisotopic (exact) mass is 321 g/mol. The van der Waals surface area contributed by atoms with E-state index in [1.165, 1.54) is 0 Å². The molecule has 1 saturated heterocycles. The number of carbonyl (C=O) groups is 1. The van der Waals surface area contributed by atoms with Crippen molar-refractivity contribution in [3.05, 3.63) is 46.6 Å². The minimum absolute atomic E-state index is 0.258. The van der Waals surface area contributed by atoms with Gasteiger partial charge >= 0.3 is 0 Å². The Labute approximate surface area is 133 Å². The zero-order valence-electron chi connectivity index (χ0n) is 11.9. The molecule has 1 aromatic heterocycles. The zero-order chi connectivity index (χ0) is 15.4. The van der Waals surface area contributed by atoms with E-state index in [-0.39, 0.29) is 11.6 Å². The van der Waals surface area contributed by atoms with Gasteiger partial charge in [0.1, 0.15) is 0 Å². The second-order valence-corrected chi connectivity index (χ2v) is 5.33. The molecule has 2 heterocycles. The second kappa shape index (κ2) is 6.81. The number of halogens is 1. The van der Waals surface area contributed by atoms with Gasteiger partial charge in [0.25, 0.3) is 5.91 Å². The maximum absolute atomic E-state index is 12.1. The van der Waals surface area contributed by atoms with Gasteiger partial charge in [-0.25, -0.2) is 0 Å². The summed E-state index contributed by atoms with van der Waals surface area (Å²) in [6.45, 7) is 3.10. The number of nitrogens with zero attached hydrogens (tertiary/aromatic N) is 2. The quantitative estimate of drug-likeness (QED) is 0.934. The Balaban J connectivity index is 1.61. The third-order valence-electron chi connectivity index (χ3n) is 3.45. The summed E-state index contributed by atoms with van der Waals surface area (Å²) in [7, 11) is 0. The summed E-state index contributed by atoms with van der Waals surface area (Å²) in [6, 6.07) is 9.02. The van der Waals surface area contributed by atoms with Crippen molar-refractivity contribution in [1.82, 2.24) is 10.5 Å². The molecule has 22 heavy (non-hydrogen) atoms. The molecule has 116 valence electrons. The van der Waals surface area contributed by atoms with Gasteiger partial charge < -0.3 is 19.5 Å². The number of nitrogens with one attached hydrogen (secondary N) is 1. The minimum Gasteiger partial charge on any atom is -0.378 e. The fraction of sp³-hybridized carbons (Fsp3) is 0.333. The van der Waals surface area contributed by atoms with Crippen LogP contribution in [0.1, 0.15) is 16.1 Å². The Morgan fingerprint density at radius 2 is 2.09 bits per heavy atom. The third-order valence-corrected chi connectivity index (χ3v) is 3.82. The lowest BCUT2D eigenvalue weighted by Gasteiger charge is -2.25. The van der Waals surface area contributed by atoms with Crippen molar-refractivity contribution < 1.29 is 14.1 Å². The fourth-order valence-electron chi connectivity index (χ4n) is 2.21. The molecule has 0 spiro atoms. The summed E-state index contributed by atoms with van der Waals surface area (Å²) in [5.74, 6) is 0.300. The van der Waals surface area contributed by atoms with Crippen molar-refractivity contribution in [2.75, 3.05) is 31.2 Å². The van der Waals surface area contributed by atoms with E-state index in [9.17, 15) is 4.79 Å². The number of ether oxygens (including phenoxy) is 1. The van der Waals surface area contributed by atoms with Crippen molar-refractivity contribution >= 4 is 23.4 Å². The van der Waals surface area contributed by atoms with Gasteiger partial charge in [-0.1, -0.05) is 35.0 Å². The molecular formula is C15H16ClN3O3. The van der Waals surface area contributed by atoms with E-state index in [4.69, 9.17) is 20.9 Å². The highest BCUT2D eigenvalue weighted by Gasteiger charge is 2.18. The molecule has 0 atom stereocenters. The largest absolute Gasteiger partial charge is 0.378 e. The van der Waals surface area contributed by atoms with E-state index < -0.39 is 0 Å². The molecule has 0 bridgehead atoms. The van der Waals surface area contributed by atoms with Gasteiger partial charge in [0.15, 0.2) is 5.69 Å². The first kappa shape index (κ1) is 14.9. The summed E-state index contributed by atoms with van der Waals surface area (Å²) in [5.41, 5.74) is 1.11. The van der Waals surface area contributed by atoms with E-state index >= 15 is 0 Å². The summed E-state index contributed by atoms with van der Waals surface area (Å²) in [4.78, 5) is 14.1. The topological polar surface area (TPSA) is 67.6 Å². The summed E-state index contributed by atoms with van der Waals surface area (Å²) < 4.78 is 10.5. The number of morpholine rings is 1. The molecule has 1 aromatic carbocycles. The highest BCUT2D eigenvalue weighted by Crippen LogP contribution is 2.18. The number of rotatable bonds is 4. The van der Waals surface area contributed by atoms with Crippen LogP contribution in [0.25, 0.3) is 0 Å². The smallest absolute Gasteiger partial charge is 0.273 e. The average Bonchev–Trinajstić information content (AvgIpc) is 3.05. The molecule has 1 N–H and O–H groups in total. The Morgan fingerprint density at radius 1 is 1.32 bits per heavy atom. The molecule has 7 heteroatoms. The van der Waals surface area contributed by atoms with E-state index in [2.05, 4.69) is 10.5 Å². The Kier molecular flexibility index (Phi) is 4.60. The lowest BCUT2D eigenvalue weighted by molar-refractivity contribution is 0.0941. The van der Waals surface area contributed by atoms with Crippen molar-refractivity contribution in [3.63, 3.8) is 0 Å². The molecule has 0 radical (unpaired) electrons. The van der Waals surface area contributed by atoms with Gasteiger partial charge in [-0.15, -0.1) is 0 Å². The van der Waals surface area contributed by atoms with Gasteiger partial charge in [0, 0.05) is 30.7 Å². The van der Waals surface area contributed by atoms with Crippen LogP contribution in [0.2, 0.25) is 5.02 Å². The highest BCUT2D eigenvalue weighted by atomic mass is 35.5. The van der Waals surface area contributed by atoms with Gasteiger partial charge in [-0.05, 0) is 11.6 Å². The number of hydrogen-bond donors (Lipinski definition) is 1. The number of amides is 1. The third kappa shape index (κ3) is 3.40.